The molecule has 5 heteroatoms. The fourth-order valence-corrected chi connectivity index (χ4v) is 2.74. The van der Waals surface area contributed by atoms with Crippen molar-refractivity contribution in [3.63, 3.8) is 0 Å². The van der Waals surface area contributed by atoms with Crippen LogP contribution in [0.1, 0.15) is 46.0 Å². The summed E-state index contributed by atoms with van der Waals surface area (Å²) in [7, 11) is 0. The van der Waals surface area contributed by atoms with Crippen LogP contribution in [0, 0.1) is 20.8 Å². The van der Waals surface area contributed by atoms with E-state index >= 15 is 0 Å². The highest BCUT2D eigenvalue weighted by atomic mass is 16.5. The average Bonchev–Trinajstić information content (AvgIpc) is 2.56. The summed E-state index contributed by atoms with van der Waals surface area (Å²) in [5, 5.41) is 11.5. The Balaban J connectivity index is 2.11. The van der Waals surface area contributed by atoms with Crippen molar-refractivity contribution in [2.24, 2.45) is 0 Å². The third-order valence-electron chi connectivity index (χ3n) is 4.48. The number of carboxylic acids is 1. The minimum Gasteiger partial charge on any atom is -0.489 e. The molecule has 0 saturated carbocycles. The molecule has 0 aliphatic carbocycles. The molecule has 5 nitrogen and oxygen atoms in total. The van der Waals surface area contributed by atoms with Gasteiger partial charge in [0.1, 0.15) is 12.4 Å². The van der Waals surface area contributed by atoms with Crippen LogP contribution in [-0.4, -0.2) is 23.0 Å². The minimum atomic E-state index is -0.939. The maximum Gasteiger partial charge on any atom is 0.305 e. The Bertz CT molecular complexity index is 814. The molecule has 1 unspecified atom stereocenters. The summed E-state index contributed by atoms with van der Waals surface area (Å²) >= 11 is 0. The second-order valence-electron chi connectivity index (χ2n) is 6.55. The maximum atomic E-state index is 12.4. The zero-order valence-electron chi connectivity index (χ0n) is 15.6. The van der Waals surface area contributed by atoms with Crippen molar-refractivity contribution >= 4 is 11.9 Å². The second-order valence-corrected chi connectivity index (χ2v) is 6.55. The summed E-state index contributed by atoms with van der Waals surface area (Å²) in [5.41, 5.74) is 4.55. The molecule has 1 atom stereocenters. The van der Waals surface area contributed by atoms with Gasteiger partial charge in [0.05, 0.1) is 6.42 Å². The predicted octanol–water partition coefficient (Wildman–Crippen LogP) is 3.78. The summed E-state index contributed by atoms with van der Waals surface area (Å²) < 4.78 is 5.94. The van der Waals surface area contributed by atoms with Crippen molar-refractivity contribution in [2.45, 2.75) is 46.8 Å². The molecule has 0 aliphatic heterocycles. The number of hydrogen-bond acceptors (Lipinski definition) is 3. The maximum absolute atomic E-state index is 12.4. The number of carboxylic acid groups (broad SMARTS) is 1. The van der Waals surface area contributed by atoms with Gasteiger partial charge in [-0.15, -0.1) is 0 Å². The van der Waals surface area contributed by atoms with Crippen LogP contribution in [0.15, 0.2) is 36.4 Å². The first-order chi connectivity index (χ1) is 12.3. The molecule has 0 heterocycles. The van der Waals surface area contributed by atoms with Gasteiger partial charge in [0.25, 0.3) is 5.91 Å². The first-order valence-corrected chi connectivity index (χ1v) is 8.59. The van der Waals surface area contributed by atoms with Gasteiger partial charge in [-0.3, -0.25) is 9.59 Å². The topological polar surface area (TPSA) is 75.6 Å². The molecule has 0 fully saturated rings. The van der Waals surface area contributed by atoms with E-state index in [1.54, 1.807) is 19.1 Å². The van der Waals surface area contributed by atoms with Gasteiger partial charge in [0.15, 0.2) is 0 Å². The molecule has 2 rings (SSSR count). The number of amides is 1. The Morgan fingerprint density at radius 2 is 1.77 bits per heavy atom. The Hall–Kier alpha value is -2.82. The minimum absolute atomic E-state index is 0.110. The van der Waals surface area contributed by atoms with Crippen molar-refractivity contribution in [2.75, 3.05) is 0 Å². The van der Waals surface area contributed by atoms with Gasteiger partial charge in [-0.25, -0.2) is 0 Å². The van der Waals surface area contributed by atoms with Crippen molar-refractivity contribution in [3.8, 4) is 5.75 Å². The molecule has 0 aliphatic rings. The van der Waals surface area contributed by atoms with E-state index in [2.05, 4.69) is 5.32 Å². The third kappa shape index (κ3) is 4.85. The number of aryl methyl sites for hydroxylation is 1. The van der Waals surface area contributed by atoms with Crippen LogP contribution in [-0.2, 0) is 11.4 Å². The van der Waals surface area contributed by atoms with Crippen molar-refractivity contribution in [3.05, 3.63) is 64.2 Å². The number of carbonyl (C=O) groups excluding carboxylic acids is 1. The quantitative estimate of drug-likeness (QED) is 0.792. The number of ether oxygens (including phenoxy) is 1. The lowest BCUT2D eigenvalue weighted by atomic mass is 10.0. The fraction of sp³-hybridized carbons (Fsp3) is 0.333. The molecule has 2 aromatic rings. The van der Waals surface area contributed by atoms with Gasteiger partial charge >= 0.3 is 5.97 Å². The Kier molecular flexibility index (Phi) is 6.39. The lowest BCUT2D eigenvalue weighted by Gasteiger charge is -2.17. The molecule has 0 aromatic heterocycles. The van der Waals surface area contributed by atoms with Crippen molar-refractivity contribution in [1.82, 2.24) is 5.32 Å². The van der Waals surface area contributed by atoms with E-state index in [4.69, 9.17) is 9.84 Å². The fourth-order valence-electron chi connectivity index (χ4n) is 2.74. The molecular formula is C21H25NO4. The van der Waals surface area contributed by atoms with Crippen LogP contribution in [0.3, 0.4) is 0 Å². The largest absolute Gasteiger partial charge is 0.489 e. The second kappa shape index (κ2) is 8.52. The van der Waals surface area contributed by atoms with Crippen molar-refractivity contribution < 1.29 is 19.4 Å². The van der Waals surface area contributed by atoms with E-state index in [1.807, 2.05) is 45.0 Å². The van der Waals surface area contributed by atoms with Crippen molar-refractivity contribution in [1.29, 1.82) is 0 Å². The zero-order chi connectivity index (χ0) is 19.3. The highest BCUT2D eigenvalue weighted by Crippen LogP contribution is 2.25. The Labute approximate surface area is 154 Å². The van der Waals surface area contributed by atoms with Gasteiger partial charge in [-0.1, -0.05) is 24.3 Å². The number of carbonyl (C=O) groups is 2. The van der Waals surface area contributed by atoms with Crippen LogP contribution in [0.4, 0.5) is 0 Å². The SMILES string of the molecule is Cc1ccccc1COc1ccc(C(=O)NC(C)CC(=O)O)c(C)c1C. The highest BCUT2D eigenvalue weighted by molar-refractivity contribution is 5.96. The molecule has 2 N–H and O–H groups in total. The average molecular weight is 355 g/mol. The van der Waals surface area contributed by atoms with Crippen LogP contribution < -0.4 is 10.1 Å². The van der Waals surface area contributed by atoms with Gasteiger partial charge < -0.3 is 15.2 Å². The van der Waals surface area contributed by atoms with Crippen LogP contribution in [0.2, 0.25) is 0 Å². The molecule has 1 amide bonds. The van der Waals surface area contributed by atoms with E-state index < -0.39 is 12.0 Å². The third-order valence-corrected chi connectivity index (χ3v) is 4.48. The molecule has 0 saturated heterocycles. The van der Waals surface area contributed by atoms with Gasteiger partial charge in [-0.05, 0) is 62.1 Å². The van der Waals surface area contributed by atoms with E-state index in [-0.39, 0.29) is 12.3 Å². The predicted molar refractivity (Wildman–Crippen MR) is 101 cm³/mol. The van der Waals surface area contributed by atoms with Crippen LogP contribution in [0.25, 0.3) is 0 Å². The molecule has 2 aromatic carbocycles. The summed E-state index contributed by atoms with van der Waals surface area (Å²) in [6, 6.07) is 11.1. The van der Waals surface area contributed by atoms with Gasteiger partial charge in [-0.2, -0.15) is 0 Å². The lowest BCUT2D eigenvalue weighted by Crippen LogP contribution is -2.34. The summed E-state index contributed by atoms with van der Waals surface area (Å²) in [6.45, 7) is 7.97. The Morgan fingerprint density at radius 1 is 1.08 bits per heavy atom. The monoisotopic (exact) mass is 355 g/mol. The van der Waals surface area contributed by atoms with Gasteiger partial charge in [0, 0.05) is 11.6 Å². The number of benzene rings is 2. The summed E-state index contributed by atoms with van der Waals surface area (Å²) in [6.07, 6.45) is -0.110. The zero-order valence-corrected chi connectivity index (χ0v) is 15.6. The summed E-state index contributed by atoms with van der Waals surface area (Å²) in [5.74, 6) is -0.476. The first kappa shape index (κ1) is 19.5. The normalized spacial score (nSPS) is 11.7. The molecule has 138 valence electrons. The van der Waals surface area contributed by atoms with Gasteiger partial charge in [0.2, 0.25) is 0 Å². The van der Waals surface area contributed by atoms with Crippen LogP contribution in [0.5, 0.6) is 5.75 Å². The molecular weight excluding hydrogens is 330 g/mol. The smallest absolute Gasteiger partial charge is 0.305 e. The van der Waals surface area contributed by atoms with Crippen LogP contribution >= 0.6 is 0 Å². The summed E-state index contributed by atoms with van der Waals surface area (Å²) in [4.78, 5) is 23.1. The number of hydrogen-bond donors (Lipinski definition) is 2. The molecule has 0 spiro atoms. The molecule has 0 bridgehead atoms. The van der Waals surface area contributed by atoms with E-state index in [0.717, 1.165) is 22.4 Å². The standard InChI is InChI=1S/C21H25NO4/c1-13-7-5-6-8-17(13)12-26-19-10-9-18(15(3)16(19)4)21(25)22-14(2)11-20(23)24/h5-10,14H,11-12H2,1-4H3,(H,22,25)(H,23,24). The van der Waals surface area contributed by atoms with E-state index in [0.29, 0.717) is 12.2 Å². The van der Waals surface area contributed by atoms with E-state index in [1.165, 1.54) is 5.56 Å². The number of rotatable bonds is 7. The lowest BCUT2D eigenvalue weighted by molar-refractivity contribution is -0.137. The highest BCUT2D eigenvalue weighted by Gasteiger charge is 2.17. The molecule has 0 radical (unpaired) electrons. The number of aliphatic carboxylic acids is 1. The van der Waals surface area contributed by atoms with E-state index in [9.17, 15) is 9.59 Å². The molecule has 26 heavy (non-hydrogen) atoms. The first-order valence-electron chi connectivity index (χ1n) is 8.59. The Morgan fingerprint density at radius 3 is 2.42 bits per heavy atom. The number of nitrogens with one attached hydrogen (secondary N) is 1.